The lowest BCUT2D eigenvalue weighted by Crippen LogP contribution is -2.28. The molecule has 1 amide bonds. The number of nitrogens with two attached hydrogens (primary N) is 2. The largest absolute Gasteiger partial charge is 0.436 e. The fourth-order valence-corrected chi connectivity index (χ4v) is 3.59. The van der Waals surface area contributed by atoms with Crippen molar-refractivity contribution >= 4 is 28.8 Å². The molecule has 0 atom stereocenters. The maximum Gasteiger partial charge on any atom is 0.264 e. The number of benzene rings is 3. The van der Waals surface area contributed by atoms with Crippen molar-refractivity contribution < 1.29 is 23.0 Å². The van der Waals surface area contributed by atoms with E-state index in [0.717, 1.165) is 10.6 Å². The summed E-state index contributed by atoms with van der Waals surface area (Å²) in [7, 11) is 5.02. The first-order chi connectivity index (χ1) is 18.6. The number of carbonyl (C=O) groups excluding carboxylic acids is 1. The average Bonchev–Trinajstić information content (AvgIpc) is 2.92. The number of hydrogen-bond donors (Lipinski definition) is 3. The molecule has 0 unspecified atom stereocenters. The molecule has 4 aromatic rings. The maximum atomic E-state index is 15.8. The van der Waals surface area contributed by atoms with E-state index in [2.05, 4.69) is 4.98 Å². The molecule has 0 fully saturated rings. The molecule has 5 N–H and O–H groups in total. The Morgan fingerprint density at radius 3 is 2.15 bits per heavy atom. The van der Waals surface area contributed by atoms with Crippen molar-refractivity contribution in [2.45, 2.75) is 0 Å². The minimum absolute atomic E-state index is 0.0703. The molecule has 200 valence electrons. The molecule has 0 spiro atoms. The van der Waals surface area contributed by atoms with Crippen LogP contribution < -0.4 is 30.7 Å². The highest BCUT2D eigenvalue weighted by Gasteiger charge is 2.31. The van der Waals surface area contributed by atoms with E-state index in [1.165, 1.54) is 25.2 Å². The van der Waals surface area contributed by atoms with Gasteiger partial charge in [-0.2, -0.15) is 13.8 Å². The van der Waals surface area contributed by atoms with Crippen LogP contribution in [0.5, 0.6) is 23.3 Å². The van der Waals surface area contributed by atoms with Crippen LogP contribution in [-0.4, -0.2) is 37.9 Å². The highest BCUT2D eigenvalue weighted by Crippen LogP contribution is 2.36. The summed E-state index contributed by atoms with van der Waals surface area (Å²) in [6.07, 6.45) is 0. The van der Waals surface area contributed by atoms with Crippen LogP contribution in [0.1, 0.15) is 15.9 Å². The van der Waals surface area contributed by atoms with E-state index >= 15 is 8.78 Å². The molecule has 4 rings (SSSR count). The van der Waals surface area contributed by atoms with Crippen LogP contribution in [-0.2, 0) is 0 Å². The Kier molecular flexibility index (Phi) is 7.61. The predicted octanol–water partition coefficient (Wildman–Crippen LogP) is 5.15. The van der Waals surface area contributed by atoms with Gasteiger partial charge in [0.05, 0.1) is 5.69 Å². The molecule has 1 aromatic heterocycles. The van der Waals surface area contributed by atoms with E-state index in [1.54, 1.807) is 48.5 Å². The lowest BCUT2D eigenvalue weighted by atomic mass is 10.1. The zero-order valence-electron chi connectivity index (χ0n) is 21.4. The summed E-state index contributed by atoms with van der Waals surface area (Å²) in [5.74, 6) is -5.30. The zero-order valence-corrected chi connectivity index (χ0v) is 21.4. The molecule has 0 saturated heterocycles. The number of nitrogens with zero attached hydrogens (tertiary/aromatic N) is 3. The van der Waals surface area contributed by atoms with Gasteiger partial charge in [0.2, 0.25) is 11.6 Å². The van der Waals surface area contributed by atoms with Crippen LogP contribution in [0.15, 0.2) is 72.8 Å². The second-order valence-corrected chi connectivity index (χ2v) is 8.69. The second-order valence-electron chi connectivity index (χ2n) is 8.69. The Bertz CT molecular complexity index is 1550. The Hall–Kier alpha value is -5.19. The fraction of sp³-hybridized carbons (Fsp3) is 0.107. The molecule has 0 radical (unpaired) electrons. The van der Waals surface area contributed by atoms with Crippen LogP contribution in [0, 0.1) is 17.0 Å². The Morgan fingerprint density at radius 2 is 1.51 bits per heavy atom. The number of para-hydroxylation sites is 1. The average molecular weight is 533 g/mol. The molecule has 0 saturated carbocycles. The summed E-state index contributed by atoms with van der Waals surface area (Å²) in [5.41, 5.74) is 12.1. The highest BCUT2D eigenvalue weighted by atomic mass is 19.1. The zero-order chi connectivity index (χ0) is 28.3. The van der Waals surface area contributed by atoms with Gasteiger partial charge in [0.1, 0.15) is 17.1 Å². The first kappa shape index (κ1) is 26.9. The van der Waals surface area contributed by atoms with Gasteiger partial charge in [0, 0.05) is 44.1 Å². The quantitative estimate of drug-likeness (QED) is 0.162. The van der Waals surface area contributed by atoms with Gasteiger partial charge in [-0.05, 0) is 42.5 Å². The molecule has 9 nitrogen and oxygen atoms in total. The molecule has 0 aliphatic heterocycles. The van der Waals surface area contributed by atoms with Crippen molar-refractivity contribution in [1.29, 1.82) is 5.41 Å². The van der Waals surface area contributed by atoms with Crippen LogP contribution in [0.3, 0.4) is 0 Å². The van der Waals surface area contributed by atoms with Crippen LogP contribution >= 0.6 is 0 Å². The number of aromatic nitrogens is 1. The van der Waals surface area contributed by atoms with Gasteiger partial charge < -0.3 is 30.7 Å². The normalized spacial score (nSPS) is 10.6. The van der Waals surface area contributed by atoms with Gasteiger partial charge in [0.25, 0.3) is 17.7 Å². The van der Waals surface area contributed by atoms with E-state index in [1.807, 2.05) is 25.1 Å². The number of ether oxygens (including phenoxy) is 2. The van der Waals surface area contributed by atoms with Crippen molar-refractivity contribution in [3.05, 3.63) is 95.6 Å². The van der Waals surface area contributed by atoms with Crippen LogP contribution in [0.2, 0.25) is 0 Å². The third-order valence-corrected chi connectivity index (χ3v) is 5.76. The molecule has 39 heavy (non-hydrogen) atoms. The third-order valence-electron chi connectivity index (χ3n) is 5.76. The minimum Gasteiger partial charge on any atom is -0.436 e. The van der Waals surface area contributed by atoms with Crippen molar-refractivity contribution in [2.24, 2.45) is 5.73 Å². The maximum absolute atomic E-state index is 15.8. The first-order valence-electron chi connectivity index (χ1n) is 11.7. The highest BCUT2D eigenvalue weighted by molar-refractivity contribution is 6.06. The van der Waals surface area contributed by atoms with Gasteiger partial charge in [-0.15, -0.1) is 0 Å². The van der Waals surface area contributed by atoms with Gasteiger partial charge in [-0.1, -0.05) is 24.3 Å². The molecule has 3 aromatic carbocycles. The van der Waals surface area contributed by atoms with Crippen molar-refractivity contribution in [2.75, 3.05) is 36.7 Å². The molecule has 0 aliphatic rings. The third kappa shape index (κ3) is 5.72. The van der Waals surface area contributed by atoms with Crippen molar-refractivity contribution in [3.8, 4) is 23.3 Å². The van der Waals surface area contributed by atoms with Crippen LogP contribution in [0.4, 0.5) is 25.8 Å². The fourth-order valence-electron chi connectivity index (χ4n) is 3.59. The summed E-state index contributed by atoms with van der Waals surface area (Å²) in [5, 5.41) is 7.65. The van der Waals surface area contributed by atoms with E-state index in [0.29, 0.717) is 5.69 Å². The second kappa shape index (κ2) is 11.1. The van der Waals surface area contributed by atoms with Gasteiger partial charge in [-0.25, -0.2) is 0 Å². The van der Waals surface area contributed by atoms with Crippen LogP contribution in [0.25, 0.3) is 0 Å². The topological polar surface area (TPSA) is 131 Å². The Labute approximate surface area is 223 Å². The van der Waals surface area contributed by atoms with E-state index < -0.39 is 34.9 Å². The number of amidine groups is 1. The summed E-state index contributed by atoms with van der Waals surface area (Å²) in [6, 6.07) is 19.2. The lowest BCUT2D eigenvalue weighted by Gasteiger charge is -2.20. The number of rotatable bonds is 8. The monoisotopic (exact) mass is 532 g/mol. The number of pyridine rings is 1. The summed E-state index contributed by atoms with van der Waals surface area (Å²) in [4.78, 5) is 20.2. The van der Waals surface area contributed by atoms with Crippen molar-refractivity contribution in [3.63, 3.8) is 0 Å². The molecular weight excluding hydrogens is 506 g/mol. The molecular formula is C28H26F2N6O3. The predicted molar refractivity (Wildman–Crippen MR) is 146 cm³/mol. The summed E-state index contributed by atoms with van der Waals surface area (Å²) in [6.45, 7) is 0. The Balaban J connectivity index is 1.85. The number of halogens is 2. The SMILES string of the molecule is CN(C)c1cccc(Oc2nc(Oc3cc(C(=N)N)ccc3N)c(F)c(C(=O)N(C)c3ccccc3)c2F)c1. The molecule has 0 bridgehead atoms. The first-order valence-corrected chi connectivity index (χ1v) is 11.7. The number of nitrogens with one attached hydrogen (secondary N) is 1. The van der Waals surface area contributed by atoms with E-state index in [4.69, 9.17) is 26.4 Å². The lowest BCUT2D eigenvalue weighted by molar-refractivity contribution is 0.0982. The smallest absolute Gasteiger partial charge is 0.264 e. The standard InChI is InChI=1S/C28H26F2N6O3/c1-35(2)18-10-7-11-19(15-18)38-26-23(29)22(28(37)36(3)17-8-5-4-6-9-17)24(30)27(34-26)39-21-14-16(25(32)33)12-13-20(21)31/h4-15H,31H2,1-3H3,(H3,32,33). The van der Waals surface area contributed by atoms with E-state index in [9.17, 15) is 4.79 Å². The number of carbonyl (C=O) groups is 1. The number of nitrogen functional groups attached to an aromatic ring is 2. The number of anilines is 3. The minimum atomic E-state index is -1.36. The molecule has 1 heterocycles. The molecule has 11 heteroatoms. The molecule has 0 aliphatic carbocycles. The van der Waals surface area contributed by atoms with Gasteiger partial charge >= 0.3 is 0 Å². The van der Waals surface area contributed by atoms with Gasteiger partial charge in [-0.3, -0.25) is 10.2 Å². The summed E-state index contributed by atoms with van der Waals surface area (Å²) >= 11 is 0. The summed E-state index contributed by atoms with van der Waals surface area (Å²) < 4.78 is 42.8. The van der Waals surface area contributed by atoms with Gasteiger partial charge in [0.15, 0.2) is 5.75 Å². The van der Waals surface area contributed by atoms with Crippen molar-refractivity contribution in [1.82, 2.24) is 4.98 Å². The Morgan fingerprint density at radius 1 is 0.872 bits per heavy atom. The number of amides is 1. The van der Waals surface area contributed by atoms with E-state index in [-0.39, 0.29) is 28.6 Å². The number of hydrogen-bond acceptors (Lipinski definition) is 7.